The zero-order chi connectivity index (χ0) is 28.3. The maximum absolute atomic E-state index is 13.1. The fourth-order valence-electron chi connectivity index (χ4n) is 4.63. The summed E-state index contributed by atoms with van der Waals surface area (Å²) in [6.07, 6.45) is -1.78. The molecule has 2 N–H and O–H groups in total. The van der Waals surface area contributed by atoms with E-state index in [4.69, 9.17) is 16.7 Å². The summed E-state index contributed by atoms with van der Waals surface area (Å²) >= 11 is 6.23. The minimum absolute atomic E-state index is 0.0212. The van der Waals surface area contributed by atoms with Gasteiger partial charge in [-0.3, -0.25) is 9.59 Å². The van der Waals surface area contributed by atoms with Gasteiger partial charge in [0.2, 0.25) is 0 Å². The number of aliphatic carboxylic acids is 1. The van der Waals surface area contributed by atoms with Gasteiger partial charge < -0.3 is 15.0 Å². The number of nitrogens with one attached hydrogen (secondary N) is 1. The van der Waals surface area contributed by atoms with Gasteiger partial charge in [0, 0.05) is 39.8 Å². The average molecular weight is 557 g/mol. The molecule has 0 saturated carbocycles. The third kappa shape index (κ3) is 6.63. The van der Waals surface area contributed by atoms with Crippen LogP contribution < -0.4 is 5.32 Å². The van der Waals surface area contributed by atoms with Gasteiger partial charge in [-0.1, -0.05) is 49.7 Å². The highest BCUT2D eigenvalue weighted by atomic mass is 35.5. The van der Waals surface area contributed by atoms with Crippen molar-refractivity contribution in [2.45, 2.75) is 38.9 Å². The summed E-state index contributed by atoms with van der Waals surface area (Å²) in [5, 5.41) is 12.3. The molecule has 3 aromatic carbocycles. The van der Waals surface area contributed by atoms with E-state index in [0.29, 0.717) is 17.0 Å². The predicted molar refractivity (Wildman–Crippen MR) is 146 cm³/mol. The van der Waals surface area contributed by atoms with E-state index >= 15 is 0 Å². The lowest BCUT2D eigenvalue weighted by atomic mass is 9.95. The number of carbonyl (C=O) groups is 2. The van der Waals surface area contributed by atoms with E-state index in [1.807, 2.05) is 42.6 Å². The first-order chi connectivity index (χ1) is 18.4. The molecule has 5 nitrogen and oxygen atoms in total. The Hall–Kier alpha value is -3.78. The third-order valence-corrected chi connectivity index (χ3v) is 6.85. The van der Waals surface area contributed by atoms with Gasteiger partial charge in [-0.25, -0.2) is 0 Å². The number of hydrogen-bond acceptors (Lipinski definition) is 2. The van der Waals surface area contributed by atoms with E-state index in [2.05, 4.69) is 23.7 Å². The lowest BCUT2D eigenvalue weighted by Crippen LogP contribution is -2.26. The normalized spacial score (nSPS) is 12.6. The largest absolute Gasteiger partial charge is 0.481 e. The van der Waals surface area contributed by atoms with E-state index in [1.54, 1.807) is 12.1 Å². The van der Waals surface area contributed by atoms with Crippen molar-refractivity contribution in [2.24, 2.45) is 5.92 Å². The molecule has 0 radical (unpaired) electrons. The van der Waals surface area contributed by atoms with Gasteiger partial charge >= 0.3 is 12.1 Å². The summed E-state index contributed by atoms with van der Waals surface area (Å²) < 4.78 is 41.3. The lowest BCUT2D eigenvalue weighted by molar-refractivity contribution is -0.138. The Labute approximate surface area is 229 Å². The Balaban J connectivity index is 1.62. The molecular weight excluding hydrogens is 529 g/mol. The van der Waals surface area contributed by atoms with E-state index < -0.39 is 17.7 Å². The SMILES string of the molecule is CC(C)CC(c1ccc(C(=O)NCCC(=O)O)cc1)n1ccc2cc(-c3ccc(C(F)(F)F)cc3Cl)ccc21. The Kier molecular flexibility index (Phi) is 8.35. The summed E-state index contributed by atoms with van der Waals surface area (Å²) in [4.78, 5) is 23.0. The van der Waals surface area contributed by atoms with Crippen molar-refractivity contribution in [3.05, 3.63) is 94.6 Å². The van der Waals surface area contributed by atoms with Crippen molar-refractivity contribution >= 4 is 34.4 Å². The fraction of sp³-hybridized carbons (Fsp3) is 0.267. The van der Waals surface area contributed by atoms with Gasteiger partial charge in [-0.05, 0) is 65.9 Å². The molecule has 39 heavy (non-hydrogen) atoms. The molecule has 1 atom stereocenters. The molecule has 0 aliphatic heterocycles. The topological polar surface area (TPSA) is 71.3 Å². The Morgan fingerprint density at radius 3 is 2.33 bits per heavy atom. The number of nitrogens with zero attached hydrogens (tertiary/aromatic N) is 1. The van der Waals surface area contributed by atoms with Gasteiger partial charge in [-0.2, -0.15) is 13.2 Å². The molecule has 4 aromatic rings. The van der Waals surface area contributed by atoms with Crippen LogP contribution in [0, 0.1) is 5.92 Å². The van der Waals surface area contributed by atoms with Crippen LogP contribution in [0.1, 0.15) is 54.2 Å². The van der Waals surface area contributed by atoms with Gasteiger partial charge in [0.05, 0.1) is 18.0 Å². The highest BCUT2D eigenvalue weighted by molar-refractivity contribution is 6.33. The number of aromatic nitrogens is 1. The number of carbonyl (C=O) groups excluding carboxylic acids is 1. The number of fused-ring (bicyclic) bond motifs is 1. The molecule has 9 heteroatoms. The first kappa shape index (κ1) is 28.2. The van der Waals surface area contributed by atoms with Crippen molar-refractivity contribution in [1.82, 2.24) is 9.88 Å². The van der Waals surface area contributed by atoms with Crippen molar-refractivity contribution < 1.29 is 27.9 Å². The first-order valence-electron chi connectivity index (χ1n) is 12.5. The first-order valence-corrected chi connectivity index (χ1v) is 12.9. The Bertz CT molecular complexity index is 1490. The monoisotopic (exact) mass is 556 g/mol. The Morgan fingerprint density at radius 2 is 1.72 bits per heavy atom. The summed E-state index contributed by atoms with van der Waals surface area (Å²) in [5.41, 5.74) is 2.88. The van der Waals surface area contributed by atoms with E-state index in [-0.39, 0.29) is 29.9 Å². The highest BCUT2D eigenvalue weighted by Crippen LogP contribution is 2.37. The quantitative estimate of drug-likeness (QED) is 0.221. The number of benzene rings is 3. The molecule has 204 valence electrons. The highest BCUT2D eigenvalue weighted by Gasteiger charge is 2.31. The molecule has 0 fully saturated rings. The average Bonchev–Trinajstić information content (AvgIpc) is 3.29. The van der Waals surface area contributed by atoms with E-state index in [9.17, 15) is 22.8 Å². The number of carboxylic acids is 1. The van der Waals surface area contributed by atoms with Crippen molar-refractivity contribution in [2.75, 3.05) is 6.54 Å². The molecule has 0 spiro atoms. The number of amides is 1. The minimum atomic E-state index is -4.46. The molecule has 0 aliphatic carbocycles. The summed E-state index contributed by atoms with van der Waals surface area (Å²) in [7, 11) is 0. The van der Waals surface area contributed by atoms with Crippen LogP contribution in [0.4, 0.5) is 13.2 Å². The molecule has 1 heterocycles. The molecule has 0 bridgehead atoms. The lowest BCUT2D eigenvalue weighted by Gasteiger charge is -2.23. The zero-order valence-electron chi connectivity index (χ0n) is 21.4. The van der Waals surface area contributed by atoms with Crippen LogP contribution in [-0.2, 0) is 11.0 Å². The van der Waals surface area contributed by atoms with Crippen molar-refractivity contribution in [3.63, 3.8) is 0 Å². The molecule has 0 saturated heterocycles. The number of halogens is 4. The molecular formula is C30H28ClF3N2O3. The maximum Gasteiger partial charge on any atom is 0.416 e. The summed E-state index contributed by atoms with van der Waals surface area (Å²) in [6.45, 7) is 4.32. The number of rotatable bonds is 9. The van der Waals surface area contributed by atoms with Gasteiger partial charge in [0.15, 0.2) is 0 Å². The van der Waals surface area contributed by atoms with Gasteiger partial charge in [-0.15, -0.1) is 0 Å². The van der Waals surface area contributed by atoms with Crippen molar-refractivity contribution in [1.29, 1.82) is 0 Å². The van der Waals surface area contributed by atoms with Gasteiger partial charge in [0.25, 0.3) is 5.91 Å². The third-order valence-electron chi connectivity index (χ3n) is 6.54. The molecule has 4 rings (SSSR count). The second-order valence-corrected chi connectivity index (χ2v) is 10.3. The zero-order valence-corrected chi connectivity index (χ0v) is 22.2. The number of carboxylic acid groups (broad SMARTS) is 1. The van der Waals surface area contributed by atoms with Crippen LogP contribution in [0.3, 0.4) is 0 Å². The van der Waals surface area contributed by atoms with E-state index in [1.165, 1.54) is 6.07 Å². The molecule has 0 aliphatic rings. The van der Waals surface area contributed by atoms with Crippen LogP contribution in [0.2, 0.25) is 5.02 Å². The minimum Gasteiger partial charge on any atom is -0.481 e. The number of hydrogen-bond donors (Lipinski definition) is 2. The van der Waals surface area contributed by atoms with Crippen LogP contribution in [0.5, 0.6) is 0 Å². The predicted octanol–water partition coefficient (Wildman–Crippen LogP) is 7.82. The van der Waals surface area contributed by atoms with Crippen LogP contribution in [-0.4, -0.2) is 28.1 Å². The number of alkyl halides is 3. The summed E-state index contributed by atoms with van der Waals surface area (Å²) in [5.74, 6) is -0.934. The fourth-order valence-corrected chi connectivity index (χ4v) is 4.92. The smallest absolute Gasteiger partial charge is 0.416 e. The molecule has 1 amide bonds. The van der Waals surface area contributed by atoms with Gasteiger partial charge in [0.1, 0.15) is 0 Å². The van der Waals surface area contributed by atoms with Crippen molar-refractivity contribution in [3.8, 4) is 11.1 Å². The van der Waals surface area contributed by atoms with Crippen LogP contribution in [0.25, 0.3) is 22.0 Å². The standard InChI is InChI=1S/C30H28ClF3N2O3/c1-18(2)15-27(19-3-5-20(6-4-19)29(39)35-13-11-28(37)38)36-14-12-22-16-21(7-10-26(22)36)24-9-8-23(17-25(24)31)30(32,33)34/h3-10,12,14,16-18,27H,11,13,15H2,1-2H3,(H,35,39)(H,37,38). The summed E-state index contributed by atoms with van der Waals surface area (Å²) in [6, 6.07) is 18.3. The molecule has 1 unspecified atom stereocenters. The second kappa shape index (κ2) is 11.5. The van der Waals surface area contributed by atoms with E-state index in [0.717, 1.165) is 40.6 Å². The maximum atomic E-state index is 13.1. The van der Waals surface area contributed by atoms with Crippen LogP contribution >= 0.6 is 11.6 Å². The second-order valence-electron chi connectivity index (χ2n) is 9.86. The molecule has 1 aromatic heterocycles. The van der Waals surface area contributed by atoms with Crippen LogP contribution in [0.15, 0.2) is 72.9 Å². The Morgan fingerprint density at radius 1 is 1.00 bits per heavy atom.